The van der Waals surface area contributed by atoms with Crippen LogP contribution in [0.25, 0.3) is 0 Å². The first-order valence-corrected chi connectivity index (χ1v) is 9.95. The normalized spacial score (nSPS) is 10.9. The van der Waals surface area contributed by atoms with Crippen molar-refractivity contribution < 1.29 is 9.47 Å². The van der Waals surface area contributed by atoms with Crippen LogP contribution in [0.4, 0.5) is 5.69 Å². The Bertz CT molecular complexity index is 475. The van der Waals surface area contributed by atoms with Gasteiger partial charge in [-0.15, -0.1) is 24.0 Å². The minimum Gasteiger partial charge on any atom is -0.493 e. The van der Waals surface area contributed by atoms with Gasteiger partial charge in [0.05, 0.1) is 6.61 Å². The van der Waals surface area contributed by atoms with Crippen LogP contribution in [0, 0.1) is 0 Å². The monoisotopic (exact) mass is 481 g/mol. The van der Waals surface area contributed by atoms with Crippen LogP contribution in [0.2, 0.25) is 0 Å². The molecular weight excluding hydrogens is 449 g/mol. The lowest BCUT2D eigenvalue weighted by molar-refractivity contribution is 0.172. The third kappa shape index (κ3) is 12.3. The molecular formula is C18H32IN3O2S. The van der Waals surface area contributed by atoms with Crippen LogP contribution in [-0.2, 0) is 4.74 Å². The molecule has 0 amide bonds. The Morgan fingerprint density at radius 1 is 1.20 bits per heavy atom. The number of hydrogen-bond acceptors (Lipinski definition) is 4. The molecule has 0 aliphatic heterocycles. The minimum atomic E-state index is 0. The molecule has 1 aromatic carbocycles. The van der Waals surface area contributed by atoms with E-state index >= 15 is 0 Å². The van der Waals surface area contributed by atoms with Crippen molar-refractivity contribution >= 4 is 47.4 Å². The number of unbranched alkanes of at least 4 members (excludes halogenated alkanes) is 1. The summed E-state index contributed by atoms with van der Waals surface area (Å²) in [4.78, 5) is 4.62. The fraction of sp³-hybridized carbons (Fsp3) is 0.611. The van der Waals surface area contributed by atoms with Gasteiger partial charge in [0.15, 0.2) is 5.96 Å². The molecule has 0 aliphatic rings. The molecule has 0 saturated heterocycles. The van der Waals surface area contributed by atoms with E-state index < -0.39 is 0 Å². The van der Waals surface area contributed by atoms with Crippen LogP contribution in [-0.4, -0.2) is 51.4 Å². The van der Waals surface area contributed by atoms with E-state index in [4.69, 9.17) is 9.47 Å². The maximum absolute atomic E-state index is 5.73. The molecule has 0 fully saturated rings. The van der Waals surface area contributed by atoms with E-state index in [2.05, 4.69) is 28.8 Å². The Labute approximate surface area is 173 Å². The topological polar surface area (TPSA) is 54.9 Å². The molecule has 1 rings (SSSR count). The van der Waals surface area contributed by atoms with Crippen LogP contribution >= 0.6 is 35.7 Å². The van der Waals surface area contributed by atoms with Gasteiger partial charge in [-0.05, 0) is 43.9 Å². The van der Waals surface area contributed by atoms with E-state index in [0.717, 1.165) is 43.3 Å². The van der Waals surface area contributed by atoms with Crippen molar-refractivity contribution in [2.45, 2.75) is 26.2 Å². The highest BCUT2D eigenvalue weighted by atomic mass is 127. The maximum Gasteiger partial charge on any atom is 0.195 e. The van der Waals surface area contributed by atoms with Crippen molar-refractivity contribution in [2.75, 3.05) is 50.7 Å². The van der Waals surface area contributed by atoms with Gasteiger partial charge < -0.3 is 20.1 Å². The molecule has 0 unspecified atom stereocenters. The number of hydrogen-bond donors (Lipinski definition) is 2. The standard InChI is InChI=1S/C18H31N3O2S.HI/c1-4-19-18(20-11-5-6-14-24-3)21-16-9-7-10-17(15-16)23-13-8-12-22-2;/h7,9-10,15H,4-6,8,11-14H2,1-3H3,(H2,19,20,21);1H. The predicted octanol–water partition coefficient (Wildman–Crippen LogP) is 4.24. The average molecular weight is 481 g/mol. The Hall–Kier alpha value is -0.670. The summed E-state index contributed by atoms with van der Waals surface area (Å²) in [6, 6.07) is 7.95. The summed E-state index contributed by atoms with van der Waals surface area (Å²) in [7, 11) is 1.70. The Morgan fingerprint density at radius 3 is 2.76 bits per heavy atom. The molecule has 5 nitrogen and oxygen atoms in total. The van der Waals surface area contributed by atoms with E-state index in [1.165, 1.54) is 12.2 Å². The fourth-order valence-electron chi connectivity index (χ4n) is 2.05. The first kappa shape index (κ1) is 24.3. The largest absolute Gasteiger partial charge is 0.493 e. The second kappa shape index (κ2) is 16.8. The molecule has 144 valence electrons. The highest BCUT2D eigenvalue weighted by molar-refractivity contribution is 14.0. The first-order chi connectivity index (χ1) is 11.8. The van der Waals surface area contributed by atoms with Gasteiger partial charge in [-0.2, -0.15) is 11.8 Å². The van der Waals surface area contributed by atoms with Crippen LogP contribution in [0.15, 0.2) is 29.3 Å². The number of nitrogens with one attached hydrogen (secondary N) is 2. The van der Waals surface area contributed by atoms with Crippen molar-refractivity contribution in [3.63, 3.8) is 0 Å². The Morgan fingerprint density at radius 2 is 2.04 bits per heavy atom. The second-order valence-electron chi connectivity index (χ2n) is 5.31. The molecule has 0 atom stereocenters. The molecule has 1 aromatic rings. The number of ether oxygens (including phenoxy) is 2. The SMILES string of the molecule is CCNC(=NCCCCSC)Nc1cccc(OCCCOC)c1.I. The third-order valence-corrected chi connectivity index (χ3v) is 3.93. The Kier molecular flexibility index (Phi) is 16.3. The molecule has 0 spiro atoms. The van der Waals surface area contributed by atoms with E-state index in [9.17, 15) is 0 Å². The van der Waals surface area contributed by atoms with Crippen LogP contribution < -0.4 is 15.4 Å². The molecule has 0 bridgehead atoms. The third-order valence-electron chi connectivity index (χ3n) is 3.23. The zero-order valence-corrected chi connectivity index (χ0v) is 18.7. The van der Waals surface area contributed by atoms with Crippen LogP contribution in [0.3, 0.4) is 0 Å². The van der Waals surface area contributed by atoms with Crippen molar-refractivity contribution in [3.8, 4) is 5.75 Å². The van der Waals surface area contributed by atoms with Crippen molar-refractivity contribution in [3.05, 3.63) is 24.3 Å². The summed E-state index contributed by atoms with van der Waals surface area (Å²) in [6.07, 6.45) is 5.34. The first-order valence-electron chi connectivity index (χ1n) is 8.56. The average Bonchev–Trinajstić information content (AvgIpc) is 2.59. The van der Waals surface area contributed by atoms with Gasteiger partial charge in [0.25, 0.3) is 0 Å². The molecule has 0 aliphatic carbocycles. The number of aliphatic imine (C=N–C) groups is 1. The Balaban J connectivity index is 0.00000576. The quantitative estimate of drug-likeness (QED) is 0.203. The number of anilines is 1. The molecule has 25 heavy (non-hydrogen) atoms. The molecule has 0 radical (unpaired) electrons. The highest BCUT2D eigenvalue weighted by Gasteiger charge is 2.01. The van der Waals surface area contributed by atoms with Gasteiger partial charge in [0, 0.05) is 45.0 Å². The molecule has 0 aromatic heterocycles. The smallest absolute Gasteiger partial charge is 0.195 e. The fourth-order valence-corrected chi connectivity index (χ4v) is 2.54. The second-order valence-corrected chi connectivity index (χ2v) is 6.29. The van der Waals surface area contributed by atoms with Gasteiger partial charge in [-0.1, -0.05) is 6.07 Å². The number of halogens is 1. The van der Waals surface area contributed by atoms with E-state index in [1.807, 2.05) is 36.0 Å². The van der Waals surface area contributed by atoms with Gasteiger partial charge in [-0.3, -0.25) is 4.99 Å². The molecule has 2 N–H and O–H groups in total. The highest BCUT2D eigenvalue weighted by Crippen LogP contribution is 2.17. The summed E-state index contributed by atoms with van der Waals surface area (Å²) >= 11 is 1.88. The van der Waals surface area contributed by atoms with Gasteiger partial charge >= 0.3 is 0 Å². The number of guanidine groups is 1. The summed E-state index contributed by atoms with van der Waals surface area (Å²) < 4.78 is 10.8. The minimum absolute atomic E-state index is 0. The van der Waals surface area contributed by atoms with Crippen molar-refractivity contribution in [1.82, 2.24) is 5.32 Å². The van der Waals surface area contributed by atoms with Gasteiger partial charge in [-0.25, -0.2) is 0 Å². The van der Waals surface area contributed by atoms with Crippen LogP contribution in [0.5, 0.6) is 5.75 Å². The van der Waals surface area contributed by atoms with Crippen LogP contribution in [0.1, 0.15) is 26.2 Å². The number of nitrogens with zero attached hydrogens (tertiary/aromatic N) is 1. The van der Waals surface area contributed by atoms with E-state index in [1.54, 1.807) is 7.11 Å². The maximum atomic E-state index is 5.73. The zero-order chi connectivity index (χ0) is 17.5. The lowest BCUT2D eigenvalue weighted by atomic mass is 10.3. The molecule has 7 heteroatoms. The van der Waals surface area contributed by atoms with E-state index in [0.29, 0.717) is 13.2 Å². The van der Waals surface area contributed by atoms with Gasteiger partial charge in [0.1, 0.15) is 5.75 Å². The number of rotatable bonds is 12. The molecule has 0 heterocycles. The van der Waals surface area contributed by atoms with E-state index in [-0.39, 0.29) is 24.0 Å². The van der Waals surface area contributed by atoms with Gasteiger partial charge in [0.2, 0.25) is 0 Å². The lowest BCUT2D eigenvalue weighted by Crippen LogP contribution is -2.30. The lowest BCUT2D eigenvalue weighted by Gasteiger charge is -2.13. The predicted molar refractivity (Wildman–Crippen MR) is 121 cm³/mol. The number of thioether (sulfide) groups is 1. The summed E-state index contributed by atoms with van der Waals surface area (Å²) in [5.74, 6) is 2.87. The van der Waals surface area contributed by atoms with Crippen molar-refractivity contribution in [1.29, 1.82) is 0 Å². The van der Waals surface area contributed by atoms with Crippen molar-refractivity contribution in [2.24, 2.45) is 4.99 Å². The molecule has 0 saturated carbocycles. The number of benzene rings is 1. The zero-order valence-electron chi connectivity index (χ0n) is 15.5. The summed E-state index contributed by atoms with van der Waals surface area (Å²) in [5.41, 5.74) is 0.975. The summed E-state index contributed by atoms with van der Waals surface area (Å²) in [5, 5.41) is 6.62. The number of methoxy groups -OCH3 is 1. The summed E-state index contributed by atoms with van der Waals surface area (Å²) in [6.45, 7) is 5.11.